The Morgan fingerprint density at radius 1 is 1.19 bits per heavy atom. The molecular formula is C21H31N3O2. The molecule has 0 atom stereocenters. The zero-order chi connectivity index (χ0) is 18.9. The number of benzene rings is 1. The first kappa shape index (κ1) is 18.7. The van der Waals surface area contributed by atoms with Gasteiger partial charge in [0, 0.05) is 24.5 Å². The standard InChI is InChI=1S/C21H31N3O2/c1-20(2,3)14-21(4,5)23-18(25)15-10-12-24(13-11-15)19-22-16-8-6-7-9-17(16)26-19/h6-9,15H,10-14H2,1-5H3,(H,23,25). The molecule has 0 radical (unpaired) electrons. The molecule has 5 nitrogen and oxygen atoms in total. The fraction of sp³-hybridized carbons (Fsp3) is 0.619. The molecule has 1 amide bonds. The number of hydrogen-bond donors (Lipinski definition) is 1. The molecule has 1 aromatic carbocycles. The minimum Gasteiger partial charge on any atom is -0.423 e. The number of aromatic nitrogens is 1. The lowest BCUT2D eigenvalue weighted by Crippen LogP contribution is -2.50. The minimum atomic E-state index is -0.188. The molecule has 0 bridgehead atoms. The summed E-state index contributed by atoms with van der Waals surface area (Å²) in [6.45, 7) is 12.4. The van der Waals surface area contributed by atoms with Crippen LogP contribution >= 0.6 is 0 Å². The molecule has 3 rings (SSSR count). The highest BCUT2D eigenvalue weighted by Crippen LogP contribution is 2.29. The first-order valence-electron chi connectivity index (χ1n) is 9.56. The number of para-hydroxylation sites is 2. The predicted molar refractivity (Wildman–Crippen MR) is 105 cm³/mol. The molecule has 26 heavy (non-hydrogen) atoms. The highest BCUT2D eigenvalue weighted by molar-refractivity contribution is 5.80. The van der Waals surface area contributed by atoms with Crippen LogP contribution in [0.1, 0.15) is 53.9 Å². The van der Waals surface area contributed by atoms with Gasteiger partial charge in [-0.25, -0.2) is 0 Å². The van der Waals surface area contributed by atoms with E-state index in [0.717, 1.165) is 43.5 Å². The van der Waals surface area contributed by atoms with E-state index in [4.69, 9.17) is 4.42 Å². The van der Waals surface area contributed by atoms with Crippen LogP contribution < -0.4 is 10.2 Å². The largest absolute Gasteiger partial charge is 0.423 e. The second-order valence-corrected chi connectivity index (χ2v) is 9.34. The van der Waals surface area contributed by atoms with Gasteiger partial charge < -0.3 is 14.6 Å². The van der Waals surface area contributed by atoms with E-state index < -0.39 is 0 Å². The molecule has 142 valence electrons. The Labute approximate surface area is 156 Å². The molecule has 1 aliphatic heterocycles. The molecule has 1 aliphatic rings. The molecule has 0 unspecified atom stereocenters. The van der Waals surface area contributed by atoms with Crippen LogP contribution in [-0.4, -0.2) is 29.5 Å². The van der Waals surface area contributed by atoms with Gasteiger partial charge in [0.1, 0.15) is 5.52 Å². The second kappa shape index (κ2) is 6.93. The third-order valence-electron chi connectivity index (χ3n) is 4.85. The van der Waals surface area contributed by atoms with Crippen LogP contribution in [-0.2, 0) is 4.79 Å². The van der Waals surface area contributed by atoms with Crippen molar-refractivity contribution in [3.05, 3.63) is 24.3 Å². The van der Waals surface area contributed by atoms with Gasteiger partial charge in [-0.05, 0) is 50.7 Å². The number of oxazole rings is 1. The van der Waals surface area contributed by atoms with E-state index in [9.17, 15) is 4.79 Å². The number of carbonyl (C=O) groups excluding carboxylic acids is 1. The number of anilines is 1. The van der Waals surface area contributed by atoms with Crippen LogP contribution in [0.25, 0.3) is 11.1 Å². The van der Waals surface area contributed by atoms with Crippen molar-refractivity contribution in [3.8, 4) is 0 Å². The Balaban J connectivity index is 1.57. The molecule has 0 spiro atoms. The van der Waals surface area contributed by atoms with Crippen LogP contribution in [0, 0.1) is 11.3 Å². The average molecular weight is 357 g/mol. The Morgan fingerprint density at radius 3 is 2.46 bits per heavy atom. The smallest absolute Gasteiger partial charge is 0.298 e. The number of carbonyl (C=O) groups is 1. The first-order chi connectivity index (χ1) is 12.1. The molecule has 2 heterocycles. The van der Waals surface area contributed by atoms with Crippen molar-refractivity contribution in [1.29, 1.82) is 0 Å². The highest BCUT2D eigenvalue weighted by Gasteiger charge is 2.32. The van der Waals surface area contributed by atoms with Crippen LogP contribution in [0.3, 0.4) is 0 Å². The van der Waals surface area contributed by atoms with Gasteiger partial charge in [-0.15, -0.1) is 0 Å². The zero-order valence-corrected chi connectivity index (χ0v) is 16.6. The third-order valence-corrected chi connectivity index (χ3v) is 4.85. The van der Waals surface area contributed by atoms with Crippen LogP contribution in [0.5, 0.6) is 0 Å². The maximum Gasteiger partial charge on any atom is 0.298 e. The SMILES string of the molecule is CC(C)(C)CC(C)(C)NC(=O)C1CCN(c2nc3ccccc3o2)CC1. The van der Waals surface area contributed by atoms with Gasteiger partial charge in [-0.1, -0.05) is 32.9 Å². The summed E-state index contributed by atoms with van der Waals surface area (Å²) in [7, 11) is 0. The topological polar surface area (TPSA) is 58.4 Å². The Bertz CT molecular complexity index is 732. The maximum atomic E-state index is 12.7. The van der Waals surface area contributed by atoms with Gasteiger partial charge in [0.05, 0.1) is 0 Å². The highest BCUT2D eigenvalue weighted by atomic mass is 16.4. The molecule has 0 aliphatic carbocycles. The van der Waals surface area contributed by atoms with Gasteiger partial charge in [0.15, 0.2) is 5.58 Å². The van der Waals surface area contributed by atoms with Crippen molar-refractivity contribution in [2.75, 3.05) is 18.0 Å². The predicted octanol–water partition coefficient (Wildman–Crippen LogP) is 4.38. The van der Waals surface area contributed by atoms with E-state index in [-0.39, 0.29) is 22.8 Å². The number of nitrogens with one attached hydrogen (secondary N) is 1. The van der Waals surface area contributed by atoms with Gasteiger partial charge in [-0.3, -0.25) is 4.79 Å². The molecule has 1 fully saturated rings. The maximum absolute atomic E-state index is 12.7. The van der Waals surface area contributed by atoms with Crippen molar-refractivity contribution in [2.45, 2.75) is 59.4 Å². The van der Waals surface area contributed by atoms with Crippen molar-refractivity contribution < 1.29 is 9.21 Å². The van der Waals surface area contributed by atoms with Crippen molar-refractivity contribution in [1.82, 2.24) is 10.3 Å². The van der Waals surface area contributed by atoms with E-state index in [1.807, 2.05) is 24.3 Å². The lowest BCUT2D eigenvalue weighted by molar-refractivity contribution is -0.127. The Hall–Kier alpha value is -2.04. The number of amides is 1. The summed E-state index contributed by atoms with van der Waals surface area (Å²) in [5.41, 5.74) is 1.69. The van der Waals surface area contributed by atoms with Gasteiger partial charge in [0.2, 0.25) is 5.91 Å². The quantitative estimate of drug-likeness (QED) is 0.882. The number of nitrogens with zero attached hydrogens (tertiary/aromatic N) is 2. The van der Waals surface area contributed by atoms with Crippen LogP contribution in [0.4, 0.5) is 6.01 Å². The normalized spacial score (nSPS) is 16.9. The zero-order valence-electron chi connectivity index (χ0n) is 16.6. The Kier molecular flexibility index (Phi) is 5.00. The molecule has 2 aromatic rings. The van der Waals surface area contributed by atoms with Crippen molar-refractivity contribution in [3.63, 3.8) is 0 Å². The Morgan fingerprint density at radius 2 is 1.85 bits per heavy atom. The monoisotopic (exact) mass is 357 g/mol. The lowest BCUT2D eigenvalue weighted by Gasteiger charge is -2.36. The molecule has 0 saturated carbocycles. The summed E-state index contributed by atoms with van der Waals surface area (Å²) in [6.07, 6.45) is 2.61. The molecule has 1 aromatic heterocycles. The summed E-state index contributed by atoms with van der Waals surface area (Å²) >= 11 is 0. The van der Waals surface area contributed by atoms with Gasteiger partial charge >= 0.3 is 0 Å². The van der Waals surface area contributed by atoms with E-state index in [1.165, 1.54) is 0 Å². The summed E-state index contributed by atoms with van der Waals surface area (Å²) in [6, 6.07) is 8.47. The molecule has 1 N–H and O–H groups in total. The molecule has 5 heteroatoms. The van der Waals surface area contributed by atoms with Crippen LogP contribution in [0.2, 0.25) is 0 Å². The second-order valence-electron chi connectivity index (χ2n) is 9.34. The fourth-order valence-electron chi connectivity index (χ4n) is 4.13. The molecule has 1 saturated heterocycles. The average Bonchev–Trinajstić information content (AvgIpc) is 2.96. The summed E-state index contributed by atoms with van der Waals surface area (Å²) in [5.74, 6) is 0.242. The number of piperidine rings is 1. The third kappa shape index (κ3) is 4.57. The number of rotatable bonds is 4. The number of hydrogen-bond acceptors (Lipinski definition) is 4. The summed E-state index contributed by atoms with van der Waals surface area (Å²) < 4.78 is 5.85. The minimum absolute atomic E-state index is 0.0647. The van der Waals surface area contributed by atoms with Gasteiger partial charge in [0.25, 0.3) is 6.01 Å². The summed E-state index contributed by atoms with van der Waals surface area (Å²) in [4.78, 5) is 19.4. The molecular weight excluding hydrogens is 326 g/mol. The van der Waals surface area contributed by atoms with Crippen molar-refractivity contribution >= 4 is 23.0 Å². The summed E-state index contributed by atoms with van der Waals surface area (Å²) in [5, 5.41) is 3.26. The van der Waals surface area contributed by atoms with E-state index in [2.05, 4.69) is 49.8 Å². The van der Waals surface area contributed by atoms with Gasteiger partial charge in [-0.2, -0.15) is 4.98 Å². The fourth-order valence-corrected chi connectivity index (χ4v) is 4.13. The van der Waals surface area contributed by atoms with E-state index >= 15 is 0 Å². The van der Waals surface area contributed by atoms with E-state index in [0.29, 0.717) is 6.01 Å². The first-order valence-corrected chi connectivity index (χ1v) is 9.56. The lowest BCUT2D eigenvalue weighted by atomic mass is 9.81. The van der Waals surface area contributed by atoms with Crippen LogP contribution in [0.15, 0.2) is 28.7 Å². The van der Waals surface area contributed by atoms with E-state index in [1.54, 1.807) is 0 Å². The van der Waals surface area contributed by atoms with Crippen molar-refractivity contribution in [2.24, 2.45) is 11.3 Å². The number of fused-ring (bicyclic) bond motifs is 1.